The first kappa shape index (κ1) is 22.0. The highest BCUT2D eigenvalue weighted by atomic mass is 16.2. The fourth-order valence-corrected chi connectivity index (χ4v) is 4.35. The lowest BCUT2D eigenvalue weighted by Gasteiger charge is -2.38. The zero-order chi connectivity index (χ0) is 22.7. The molecular formula is C24H32N6O2. The third-order valence-electron chi connectivity index (χ3n) is 6.45. The number of aromatic nitrogens is 2. The van der Waals surface area contributed by atoms with Gasteiger partial charge in [0.2, 0.25) is 0 Å². The lowest BCUT2D eigenvalue weighted by molar-refractivity contribution is 0.160. The van der Waals surface area contributed by atoms with Crippen molar-refractivity contribution in [3.63, 3.8) is 0 Å². The summed E-state index contributed by atoms with van der Waals surface area (Å²) in [6.07, 6.45) is 6.74. The Hall–Kier alpha value is -3.16. The van der Waals surface area contributed by atoms with Gasteiger partial charge < -0.3 is 25.9 Å². The van der Waals surface area contributed by atoms with Crippen molar-refractivity contribution in [2.45, 2.75) is 63.8 Å². The molecule has 2 aliphatic rings. The van der Waals surface area contributed by atoms with Crippen LogP contribution in [0.25, 0.3) is 0 Å². The Balaban J connectivity index is 1.39. The summed E-state index contributed by atoms with van der Waals surface area (Å²) in [5.74, 6) is 1.48. The maximum absolute atomic E-state index is 12.6. The van der Waals surface area contributed by atoms with Crippen molar-refractivity contribution in [1.29, 1.82) is 5.41 Å². The summed E-state index contributed by atoms with van der Waals surface area (Å²) in [4.78, 5) is 34.3. The predicted molar refractivity (Wildman–Crippen MR) is 127 cm³/mol. The van der Waals surface area contributed by atoms with E-state index in [2.05, 4.69) is 34.4 Å². The van der Waals surface area contributed by atoms with Crippen LogP contribution in [0.15, 0.2) is 29.1 Å². The lowest BCUT2D eigenvalue weighted by Crippen LogP contribution is -2.51. The Morgan fingerprint density at radius 2 is 1.88 bits per heavy atom. The number of nitrogens with one attached hydrogen (secondary N) is 4. The third-order valence-corrected chi connectivity index (χ3v) is 6.45. The molecule has 0 radical (unpaired) electrons. The number of likely N-dealkylation sites (tertiary alicyclic amines) is 1. The van der Waals surface area contributed by atoms with Crippen molar-refractivity contribution in [3.05, 3.63) is 51.6 Å². The molecule has 0 atom stereocenters. The van der Waals surface area contributed by atoms with Crippen LogP contribution in [0.1, 0.15) is 74.7 Å². The van der Waals surface area contributed by atoms with Gasteiger partial charge in [0.05, 0.1) is 11.5 Å². The van der Waals surface area contributed by atoms with Crippen molar-refractivity contribution < 1.29 is 4.79 Å². The minimum atomic E-state index is -0.309. The van der Waals surface area contributed by atoms with Crippen LogP contribution in [0.2, 0.25) is 0 Å². The van der Waals surface area contributed by atoms with Gasteiger partial charge in [-0.05, 0) is 36.5 Å². The number of urea groups is 1. The number of aromatic amines is 1. The molecule has 1 aromatic heterocycles. The maximum atomic E-state index is 12.6. The molecule has 2 aromatic rings. The van der Waals surface area contributed by atoms with Crippen LogP contribution in [-0.4, -0.2) is 46.2 Å². The van der Waals surface area contributed by atoms with Crippen LogP contribution in [0.5, 0.6) is 0 Å². The topological polar surface area (TPSA) is 114 Å². The summed E-state index contributed by atoms with van der Waals surface area (Å²) in [6, 6.07) is 8.03. The van der Waals surface area contributed by atoms with Crippen LogP contribution in [-0.2, 0) is 0 Å². The summed E-state index contributed by atoms with van der Waals surface area (Å²) >= 11 is 0. The quantitative estimate of drug-likeness (QED) is 0.506. The van der Waals surface area contributed by atoms with Crippen LogP contribution in [0.4, 0.5) is 16.3 Å². The van der Waals surface area contributed by atoms with Crippen LogP contribution < -0.4 is 16.2 Å². The summed E-state index contributed by atoms with van der Waals surface area (Å²) < 4.78 is 0. The molecule has 32 heavy (non-hydrogen) atoms. The van der Waals surface area contributed by atoms with Crippen molar-refractivity contribution in [2.75, 3.05) is 23.7 Å². The minimum Gasteiger partial charge on any atom is -0.367 e. The minimum absolute atomic E-state index is 0.0246. The lowest BCUT2D eigenvalue weighted by atomic mass is 9.95. The molecule has 8 nitrogen and oxygen atoms in total. The summed E-state index contributed by atoms with van der Waals surface area (Å²) in [5, 5.41) is 13.9. The van der Waals surface area contributed by atoms with E-state index in [1.807, 2.05) is 24.3 Å². The molecule has 4 rings (SSSR count). The summed E-state index contributed by atoms with van der Waals surface area (Å²) in [6.45, 7) is 5.26. The van der Waals surface area contributed by atoms with E-state index in [-0.39, 0.29) is 29.1 Å². The predicted octanol–water partition coefficient (Wildman–Crippen LogP) is 4.27. The molecule has 0 unspecified atom stereocenters. The number of nitrogens with zero attached hydrogens (tertiary/aromatic N) is 2. The van der Waals surface area contributed by atoms with Gasteiger partial charge in [-0.1, -0.05) is 45.2 Å². The molecule has 2 amide bonds. The monoisotopic (exact) mass is 436 g/mol. The molecule has 1 aliphatic carbocycles. The Morgan fingerprint density at radius 3 is 2.50 bits per heavy atom. The molecule has 8 heteroatoms. The average Bonchev–Trinajstić information content (AvgIpc) is 2.74. The highest BCUT2D eigenvalue weighted by Gasteiger charge is 2.34. The number of hydrogen-bond donors (Lipinski definition) is 4. The fraction of sp³-hybridized carbons (Fsp3) is 0.500. The molecule has 170 valence electrons. The highest BCUT2D eigenvalue weighted by Crippen LogP contribution is 2.27. The van der Waals surface area contributed by atoms with Crippen LogP contribution in [0.3, 0.4) is 0 Å². The number of amides is 2. The van der Waals surface area contributed by atoms with Crippen molar-refractivity contribution in [2.24, 2.45) is 0 Å². The smallest absolute Gasteiger partial charge is 0.321 e. The second-order valence-corrected chi connectivity index (χ2v) is 9.15. The zero-order valence-corrected chi connectivity index (χ0v) is 18.8. The Bertz CT molecular complexity index is 1020. The van der Waals surface area contributed by atoms with E-state index < -0.39 is 0 Å². The number of carbonyl (C=O) groups excluding carboxylic acids is 1. The van der Waals surface area contributed by atoms with Gasteiger partial charge in [0.15, 0.2) is 0 Å². The maximum Gasteiger partial charge on any atom is 0.321 e. The number of H-pyrrole nitrogens is 1. The highest BCUT2D eigenvalue weighted by molar-refractivity contribution is 5.90. The number of anilines is 2. The number of hydrogen-bond acceptors (Lipinski definition) is 5. The molecular weight excluding hydrogens is 404 g/mol. The molecule has 0 spiro atoms. The van der Waals surface area contributed by atoms with E-state index in [0.717, 1.165) is 24.7 Å². The van der Waals surface area contributed by atoms with Gasteiger partial charge in [-0.25, -0.2) is 9.78 Å². The van der Waals surface area contributed by atoms with E-state index in [0.29, 0.717) is 30.6 Å². The van der Waals surface area contributed by atoms with Gasteiger partial charge in [-0.15, -0.1) is 0 Å². The molecule has 1 aromatic carbocycles. The van der Waals surface area contributed by atoms with Crippen molar-refractivity contribution >= 4 is 23.8 Å². The Kier molecular flexibility index (Phi) is 6.58. The SMILES string of the molecule is CC(C)c1ccc(NC(=O)N2CC(c3nc(NC4CCCCC4)c(C=N)c(=O)[nH]3)C2)cc1. The molecule has 2 fully saturated rings. The average molecular weight is 437 g/mol. The largest absolute Gasteiger partial charge is 0.367 e. The normalized spacial score (nSPS) is 17.2. The molecule has 2 heterocycles. The van der Waals surface area contributed by atoms with Gasteiger partial charge in [-0.3, -0.25) is 4.79 Å². The van der Waals surface area contributed by atoms with E-state index in [9.17, 15) is 9.59 Å². The van der Waals surface area contributed by atoms with Gasteiger partial charge in [0.1, 0.15) is 11.6 Å². The number of rotatable bonds is 6. The molecule has 1 saturated carbocycles. The Morgan fingerprint density at radius 1 is 1.19 bits per heavy atom. The van der Waals surface area contributed by atoms with Gasteiger partial charge >= 0.3 is 6.03 Å². The van der Waals surface area contributed by atoms with Crippen LogP contribution in [0, 0.1) is 5.41 Å². The van der Waals surface area contributed by atoms with Gasteiger partial charge in [0, 0.05) is 31.0 Å². The Labute approximate surface area is 188 Å². The summed E-state index contributed by atoms with van der Waals surface area (Å²) in [7, 11) is 0. The van der Waals surface area contributed by atoms with Crippen LogP contribution >= 0.6 is 0 Å². The van der Waals surface area contributed by atoms with Gasteiger partial charge in [-0.2, -0.15) is 0 Å². The van der Waals surface area contributed by atoms with E-state index >= 15 is 0 Å². The third kappa shape index (κ3) is 4.84. The van der Waals surface area contributed by atoms with E-state index in [1.54, 1.807) is 4.90 Å². The van der Waals surface area contributed by atoms with E-state index in [4.69, 9.17) is 5.41 Å². The van der Waals surface area contributed by atoms with Gasteiger partial charge in [0.25, 0.3) is 5.56 Å². The summed E-state index contributed by atoms with van der Waals surface area (Å²) in [5.41, 5.74) is 1.95. The first-order valence-electron chi connectivity index (χ1n) is 11.5. The second-order valence-electron chi connectivity index (χ2n) is 9.15. The first-order chi connectivity index (χ1) is 15.4. The second kappa shape index (κ2) is 9.54. The van der Waals surface area contributed by atoms with Crippen molar-refractivity contribution in [1.82, 2.24) is 14.9 Å². The molecule has 1 saturated heterocycles. The fourth-order valence-electron chi connectivity index (χ4n) is 4.35. The number of benzene rings is 1. The number of carbonyl (C=O) groups is 1. The standard InChI is InChI=1S/C24H32N6O2/c1-15(2)16-8-10-19(11-9-16)27-24(32)30-13-17(14-30)21-28-22(20(12-25)23(31)29-21)26-18-6-4-3-5-7-18/h8-12,15,17-18,25H,3-7,13-14H2,1-2H3,(H,27,32)(H2,26,28,29,31). The molecule has 0 bridgehead atoms. The first-order valence-corrected chi connectivity index (χ1v) is 11.5. The van der Waals surface area contributed by atoms with E-state index in [1.165, 1.54) is 24.8 Å². The molecule has 1 aliphatic heterocycles. The van der Waals surface area contributed by atoms with Crippen molar-refractivity contribution in [3.8, 4) is 0 Å². The molecule has 4 N–H and O–H groups in total. The zero-order valence-electron chi connectivity index (χ0n) is 18.8.